The van der Waals surface area contributed by atoms with E-state index in [0.717, 1.165) is 21.9 Å². The molecule has 0 heterocycles. The van der Waals surface area contributed by atoms with Crippen molar-refractivity contribution in [2.24, 2.45) is 0 Å². The molecule has 0 aliphatic carbocycles. The van der Waals surface area contributed by atoms with E-state index in [0.29, 0.717) is 0 Å². The van der Waals surface area contributed by atoms with E-state index >= 15 is 0 Å². The van der Waals surface area contributed by atoms with E-state index in [-0.39, 0.29) is 5.78 Å². The summed E-state index contributed by atoms with van der Waals surface area (Å²) in [6, 6.07) is 10.3. The van der Waals surface area contributed by atoms with Crippen molar-refractivity contribution in [3.63, 3.8) is 0 Å². The highest BCUT2D eigenvalue weighted by atomic mass is 16.1. The van der Waals surface area contributed by atoms with Gasteiger partial charge in [-0.15, -0.1) is 0 Å². The molecule has 0 saturated heterocycles. The van der Waals surface area contributed by atoms with E-state index in [1.54, 1.807) is 6.92 Å². The van der Waals surface area contributed by atoms with Crippen molar-refractivity contribution in [3.05, 3.63) is 47.0 Å². The van der Waals surface area contributed by atoms with Crippen LogP contribution in [0.15, 0.2) is 30.3 Å². The van der Waals surface area contributed by atoms with Crippen LogP contribution >= 0.6 is 0 Å². The summed E-state index contributed by atoms with van der Waals surface area (Å²) in [6.07, 6.45) is 0. The monoisotopic (exact) mass is 198 g/mol. The summed E-state index contributed by atoms with van der Waals surface area (Å²) in [5.74, 6) is 0.141. The topological polar surface area (TPSA) is 17.1 Å². The fourth-order valence-corrected chi connectivity index (χ4v) is 2.03. The average Bonchev–Trinajstić information content (AvgIpc) is 2.17. The third kappa shape index (κ3) is 1.65. The fourth-order valence-electron chi connectivity index (χ4n) is 2.03. The van der Waals surface area contributed by atoms with Crippen molar-refractivity contribution in [2.45, 2.75) is 20.8 Å². The molecule has 0 aromatic heterocycles. The molecule has 2 aromatic carbocycles. The molecule has 0 bridgehead atoms. The van der Waals surface area contributed by atoms with E-state index in [2.05, 4.69) is 19.1 Å². The number of ketones is 1. The molecule has 76 valence electrons. The van der Waals surface area contributed by atoms with Gasteiger partial charge in [-0.1, -0.05) is 35.9 Å². The average molecular weight is 198 g/mol. The van der Waals surface area contributed by atoms with Crippen LogP contribution < -0.4 is 0 Å². The second-order valence-corrected chi connectivity index (χ2v) is 4.04. The molecule has 0 aliphatic heterocycles. The Bertz CT molecular complexity index is 538. The Balaban J connectivity index is 2.88. The van der Waals surface area contributed by atoms with Crippen LogP contribution in [0.25, 0.3) is 10.8 Å². The van der Waals surface area contributed by atoms with Gasteiger partial charge in [0.2, 0.25) is 0 Å². The molecule has 0 fully saturated rings. The third-order valence-corrected chi connectivity index (χ3v) is 2.74. The molecule has 1 heteroatoms. The molecule has 0 N–H and O–H groups in total. The second kappa shape index (κ2) is 3.50. The molecular weight excluding hydrogens is 184 g/mol. The molecule has 2 rings (SSSR count). The maximum atomic E-state index is 11.6. The fraction of sp³-hybridized carbons (Fsp3) is 0.214. The molecule has 0 amide bonds. The zero-order valence-corrected chi connectivity index (χ0v) is 9.29. The molecule has 0 saturated carbocycles. The van der Waals surface area contributed by atoms with Gasteiger partial charge in [0.05, 0.1) is 0 Å². The van der Waals surface area contributed by atoms with Gasteiger partial charge in [-0.3, -0.25) is 4.79 Å². The van der Waals surface area contributed by atoms with E-state index < -0.39 is 0 Å². The Morgan fingerprint density at radius 2 is 1.80 bits per heavy atom. The number of benzene rings is 2. The highest BCUT2D eigenvalue weighted by Crippen LogP contribution is 2.23. The zero-order chi connectivity index (χ0) is 11.0. The molecule has 0 aliphatic rings. The molecule has 1 nitrogen and oxygen atoms in total. The predicted molar refractivity (Wildman–Crippen MR) is 63.4 cm³/mol. The standard InChI is InChI=1S/C14H14O/c1-9-4-7-13-12(8-9)6-5-10(2)14(13)11(3)15/h4-8H,1-3H3. The van der Waals surface area contributed by atoms with Crippen molar-refractivity contribution in [1.29, 1.82) is 0 Å². The zero-order valence-electron chi connectivity index (χ0n) is 9.29. The summed E-state index contributed by atoms with van der Waals surface area (Å²) in [5.41, 5.74) is 3.13. The predicted octanol–water partition coefficient (Wildman–Crippen LogP) is 3.66. The van der Waals surface area contributed by atoms with Crippen molar-refractivity contribution >= 4 is 16.6 Å². The Morgan fingerprint density at radius 3 is 2.47 bits per heavy atom. The number of Topliss-reactive ketones (excluding diaryl/α,β-unsaturated/α-hetero) is 1. The van der Waals surface area contributed by atoms with Crippen molar-refractivity contribution in [2.75, 3.05) is 0 Å². The van der Waals surface area contributed by atoms with Gasteiger partial charge in [0.25, 0.3) is 0 Å². The van der Waals surface area contributed by atoms with Gasteiger partial charge in [-0.05, 0) is 37.1 Å². The number of hydrogen-bond acceptors (Lipinski definition) is 1. The smallest absolute Gasteiger partial charge is 0.160 e. The quantitative estimate of drug-likeness (QED) is 0.639. The van der Waals surface area contributed by atoms with Gasteiger partial charge < -0.3 is 0 Å². The van der Waals surface area contributed by atoms with Gasteiger partial charge in [0.15, 0.2) is 5.78 Å². The van der Waals surface area contributed by atoms with Crippen LogP contribution in [0.4, 0.5) is 0 Å². The van der Waals surface area contributed by atoms with Crippen LogP contribution in [0, 0.1) is 13.8 Å². The molecule has 15 heavy (non-hydrogen) atoms. The van der Waals surface area contributed by atoms with Gasteiger partial charge >= 0.3 is 0 Å². The first-order valence-electron chi connectivity index (χ1n) is 5.10. The Hall–Kier alpha value is -1.63. The minimum absolute atomic E-state index is 0.141. The van der Waals surface area contributed by atoms with E-state index in [4.69, 9.17) is 0 Å². The molecule has 0 spiro atoms. The summed E-state index contributed by atoms with van der Waals surface area (Å²) in [5, 5.41) is 2.21. The lowest BCUT2D eigenvalue weighted by atomic mass is 9.96. The van der Waals surface area contributed by atoms with Crippen molar-refractivity contribution in [3.8, 4) is 0 Å². The normalized spacial score (nSPS) is 10.6. The lowest BCUT2D eigenvalue weighted by molar-refractivity contribution is 0.101. The van der Waals surface area contributed by atoms with E-state index in [1.165, 1.54) is 5.56 Å². The maximum absolute atomic E-state index is 11.6. The molecular formula is C14H14O. The van der Waals surface area contributed by atoms with Crippen molar-refractivity contribution in [1.82, 2.24) is 0 Å². The van der Waals surface area contributed by atoms with Gasteiger partial charge in [0.1, 0.15) is 0 Å². The molecule has 2 aromatic rings. The minimum atomic E-state index is 0.141. The van der Waals surface area contributed by atoms with E-state index in [1.807, 2.05) is 25.1 Å². The third-order valence-electron chi connectivity index (χ3n) is 2.74. The SMILES string of the molecule is CC(=O)c1c(C)ccc2cc(C)ccc12. The highest BCUT2D eigenvalue weighted by Gasteiger charge is 2.08. The minimum Gasteiger partial charge on any atom is -0.294 e. The van der Waals surface area contributed by atoms with Crippen LogP contribution in [0.5, 0.6) is 0 Å². The first-order valence-corrected chi connectivity index (χ1v) is 5.10. The summed E-state index contributed by atoms with van der Waals surface area (Å²) in [7, 11) is 0. The Labute approximate surface area is 89.7 Å². The number of carbonyl (C=O) groups excluding carboxylic acids is 1. The summed E-state index contributed by atoms with van der Waals surface area (Å²) in [6.45, 7) is 5.67. The van der Waals surface area contributed by atoms with Crippen molar-refractivity contribution < 1.29 is 4.79 Å². The largest absolute Gasteiger partial charge is 0.294 e. The van der Waals surface area contributed by atoms with Crippen LogP contribution in [-0.2, 0) is 0 Å². The summed E-state index contributed by atoms with van der Waals surface area (Å²) >= 11 is 0. The van der Waals surface area contributed by atoms with E-state index in [9.17, 15) is 4.79 Å². The number of aryl methyl sites for hydroxylation is 2. The maximum Gasteiger partial charge on any atom is 0.160 e. The second-order valence-electron chi connectivity index (χ2n) is 4.04. The highest BCUT2D eigenvalue weighted by molar-refractivity contribution is 6.08. The number of hydrogen-bond donors (Lipinski definition) is 0. The number of carbonyl (C=O) groups is 1. The van der Waals surface area contributed by atoms with Crippen LogP contribution in [0.1, 0.15) is 28.4 Å². The first-order chi connectivity index (χ1) is 7.09. The lowest BCUT2D eigenvalue weighted by Crippen LogP contribution is -1.97. The number of rotatable bonds is 1. The number of fused-ring (bicyclic) bond motifs is 1. The molecule has 0 radical (unpaired) electrons. The van der Waals surface area contributed by atoms with Crippen LogP contribution in [-0.4, -0.2) is 5.78 Å². The summed E-state index contributed by atoms with van der Waals surface area (Å²) in [4.78, 5) is 11.6. The van der Waals surface area contributed by atoms with Gasteiger partial charge in [-0.2, -0.15) is 0 Å². The molecule has 0 atom stereocenters. The van der Waals surface area contributed by atoms with Crippen LogP contribution in [0.3, 0.4) is 0 Å². The van der Waals surface area contributed by atoms with Crippen LogP contribution in [0.2, 0.25) is 0 Å². The van der Waals surface area contributed by atoms with Gasteiger partial charge in [0, 0.05) is 5.56 Å². The lowest BCUT2D eigenvalue weighted by Gasteiger charge is -2.07. The molecule has 0 unspecified atom stereocenters. The Kier molecular flexibility index (Phi) is 2.31. The first kappa shape index (κ1) is 9.91. The van der Waals surface area contributed by atoms with Gasteiger partial charge in [-0.25, -0.2) is 0 Å². The Morgan fingerprint density at radius 1 is 1.07 bits per heavy atom. The summed E-state index contributed by atoms with van der Waals surface area (Å²) < 4.78 is 0.